The molecule has 8 nitrogen and oxygen atoms in total. The van der Waals surface area contributed by atoms with Crippen LogP contribution in [-0.4, -0.2) is 47.5 Å². The number of hydrogen-bond donors (Lipinski definition) is 2. The second-order valence-electron chi connectivity index (χ2n) is 6.01. The fourth-order valence-corrected chi connectivity index (χ4v) is 4.33. The van der Waals surface area contributed by atoms with Gasteiger partial charge in [0.25, 0.3) is 11.8 Å². The molecule has 0 bridgehead atoms. The largest absolute Gasteiger partial charge is 0.436 e. The summed E-state index contributed by atoms with van der Waals surface area (Å²) in [6.07, 6.45) is 6.14. The van der Waals surface area contributed by atoms with Gasteiger partial charge in [0.15, 0.2) is 6.61 Å². The summed E-state index contributed by atoms with van der Waals surface area (Å²) in [4.78, 5) is 41.9. The van der Waals surface area contributed by atoms with E-state index in [1.54, 1.807) is 27.1 Å². The average Bonchev–Trinajstić information content (AvgIpc) is 3.42. The summed E-state index contributed by atoms with van der Waals surface area (Å²) < 4.78 is 4.93. The van der Waals surface area contributed by atoms with Gasteiger partial charge >= 0.3 is 6.09 Å². The molecule has 0 atom stereocenters. The smallest absolute Gasteiger partial charge is 0.410 e. The first-order chi connectivity index (χ1) is 13.6. The van der Waals surface area contributed by atoms with Gasteiger partial charge in [-0.25, -0.2) is 9.78 Å². The molecule has 10 heteroatoms. The summed E-state index contributed by atoms with van der Waals surface area (Å²) in [5.41, 5.74) is 5.47. The van der Waals surface area contributed by atoms with E-state index in [2.05, 4.69) is 21.8 Å². The maximum absolute atomic E-state index is 12.2. The predicted molar refractivity (Wildman–Crippen MR) is 105 cm³/mol. The molecular formula is C18H18N4O4S2. The Kier molecular flexibility index (Phi) is 6.62. The number of terminal acetylenes is 1. The van der Waals surface area contributed by atoms with Gasteiger partial charge in [0.1, 0.15) is 5.69 Å². The molecule has 1 aliphatic rings. The minimum atomic E-state index is -0.471. The minimum Gasteiger partial charge on any atom is -0.436 e. The molecule has 1 saturated heterocycles. The topological polar surface area (TPSA) is 101 Å². The van der Waals surface area contributed by atoms with E-state index in [9.17, 15) is 14.4 Å². The maximum atomic E-state index is 12.2. The Balaban J connectivity index is 1.49. The molecule has 3 rings (SSSR count). The summed E-state index contributed by atoms with van der Waals surface area (Å²) in [6.45, 7) is 1.06. The van der Waals surface area contributed by atoms with Crippen LogP contribution in [0.2, 0.25) is 0 Å². The van der Waals surface area contributed by atoms with Crippen LogP contribution in [-0.2, 0) is 4.74 Å². The molecule has 2 aromatic heterocycles. The van der Waals surface area contributed by atoms with Gasteiger partial charge in [0.2, 0.25) is 0 Å². The van der Waals surface area contributed by atoms with Crippen molar-refractivity contribution < 1.29 is 19.1 Å². The Morgan fingerprint density at radius 2 is 2.00 bits per heavy atom. The maximum Gasteiger partial charge on any atom is 0.410 e. The second kappa shape index (κ2) is 9.34. The number of amides is 3. The lowest BCUT2D eigenvalue weighted by Gasteiger charge is -2.30. The molecule has 0 radical (unpaired) electrons. The number of piperidine rings is 1. The molecule has 0 aliphatic carbocycles. The molecule has 2 aromatic rings. The number of likely N-dealkylation sites (tertiary alicyclic amines) is 1. The molecule has 0 unspecified atom stereocenters. The van der Waals surface area contributed by atoms with Crippen LogP contribution in [0, 0.1) is 12.3 Å². The lowest BCUT2D eigenvalue weighted by atomic mass is 9.98. The molecule has 146 valence electrons. The van der Waals surface area contributed by atoms with E-state index in [-0.39, 0.29) is 24.1 Å². The van der Waals surface area contributed by atoms with Crippen LogP contribution in [0.3, 0.4) is 0 Å². The molecule has 1 fully saturated rings. The third kappa shape index (κ3) is 4.88. The Morgan fingerprint density at radius 1 is 1.25 bits per heavy atom. The summed E-state index contributed by atoms with van der Waals surface area (Å²) in [7, 11) is 0. The SMILES string of the molecule is C#CCOC(=O)N1CCC(c2nc(C(=O)NNC(=O)c3ccsc3)cs2)CC1. The Hall–Kier alpha value is -2.90. The molecule has 3 amide bonds. The number of carbonyl (C=O) groups excluding carboxylic acids is 3. The highest BCUT2D eigenvalue weighted by atomic mass is 32.1. The summed E-state index contributed by atoms with van der Waals surface area (Å²) in [5, 5.41) is 5.97. The highest BCUT2D eigenvalue weighted by Gasteiger charge is 2.27. The van der Waals surface area contributed by atoms with Crippen LogP contribution in [0.15, 0.2) is 22.2 Å². The standard InChI is InChI=1S/C18H18N4O4S2/c1-2-8-26-18(25)22-6-3-12(4-7-22)17-19-14(11-28-17)16(24)21-20-15(23)13-5-9-27-10-13/h1,5,9-12H,3-4,6-8H2,(H,20,23)(H,21,24). The van der Waals surface area contributed by atoms with Crippen molar-refractivity contribution in [1.82, 2.24) is 20.7 Å². The fraction of sp³-hybridized carbons (Fsp3) is 0.333. The Bertz CT molecular complexity index is 880. The van der Waals surface area contributed by atoms with Gasteiger partial charge < -0.3 is 9.64 Å². The van der Waals surface area contributed by atoms with Crippen molar-refractivity contribution >= 4 is 40.6 Å². The van der Waals surface area contributed by atoms with Crippen LogP contribution in [0.4, 0.5) is 4.79 Å². The Labute approximate surface area is 169 Å². The van der Waals surface area contributed by atoms with Gasteiger partial charge in [-0.15, -0.1) is 17.8 Å². The molecular weight excluding hydrogens is 400 g/mol. The quantitative estimate of drug-likeness (QED) is 0.586. The van der Waals surface area contributed by atoms with Crippen LogP contribution < -0.4 is 10.9 Å². The zero-order valence-electron chi connectivity index (χ0n) is 14.8. The van der Waals surface area contributed by atoms with Gasteiger partial charge in [-0.05, 0) is 24.3 Å². The molecule has 0 saturated carbocycles. The molecule has 1 aliphatic heterocycles. The molecule has 28 heavy (non-hydrogen) atoms. The van der Waals surface area contributed by atoms with E-state index in [1.807, 2.05) is 0 Å². The summed E-state index contributed by atoms with van der Waals surface area (Å²) in [5.74, 6) is 1.59. The summed E-state index contributed by atoms with van der Waals surface area (Å²) in [6, 6.07) is 1.67. The number of ether oxygens (including phenoxy) is 1. The normalized spacial score (nSPS) is 14.2. The third-order valence-corrected chi connectivity index (χ3v) is 5.90. The van der Waals surface area contributed by atoms with E-state index in [4.69, 9.17) is 11.2 Å². The number of thiophene rings is 1. The van der Waals surface area contributed by atoms with Gasteiger partial charge in [-0.3, -0.25) is 20.4 Å². The predicted octanol–water partition coefficient (Wildman–Crippen LogP) is 2.23. The van der Waals surface area contributed by atoms with E-state index >= 15 is 0 Å². The van der Waals surface area contributed by atoms with Crippen molar-refractivity contribution in [2.24, 2.45) is 0 Å². The first kappa shape index (κ1) is 19.9. The first-order valence-corrected chi connectivity index (χ1v) is 10.3. The molecule has 2 N–H and O–H groups in total. The molecule has 0 spiro atoms. The van der Waals surface area contributed by atoms with E-state index < -0.39 is 12.0 Å². The van der Waals surface area contributed by atoms with Crippen molar-refractivity contribution in [3.63, 3.8) is 0 Å². The van der Waals surface area contributed by atoms with Crippen LogP contribution in [0.25, 0.3) is 0 Å². The lowest BCUT2D eigenvalue weighted by molar-refractivity contribution is 0.0844. The monoisotopic (exact) mass is 418 g/mol. The zero-order valence-corrected chi connectivity index (χ0v) is 16.5. The Morgan fingerprint density at radius 3 is 2.68 bits per heavy atom. The van der Waals surface area contributed by atoms with Crippen molar-refractivity contribution in [2.45, 2.75) is 18.8 Å². The van der Waals surface area contributed by atoms with Crippen molar-refractivity contribution in [3.05, 3.63) is 38.5 Å². The van der Waals surface area contributed by atoms with Crippen molar-refractivity contribution in [2.75, 3.05) is 19.7 Å². The van der Waals surface area contributed by atoms with Crippen molar-refractivity contribution in [1.29, 1.82) is 0 Å². The first-order valence-electron chi connectivity index (χ1n) is 8.52. The van der Waals surface area contributed by atoms with Gasteiger partial charge in [0.05, 0.1) is 10.6 Å². The minimum absolute atomic E-state index is 0.0351. The number of nitrogens with zero attached hydrogens (tertiary/aromatic N) is 2. The van der Waals surface area contributed by atoms with E-state index in [0.29, 0.717) is 18.7 Å². The molecule has 3 heterocycles. The van der Waals surface area contributed by atoms with E-state index in [1.165, 1.54) is 22.7 Å². The number of rotatable bonds is 4. The van der Waals surface area contributed by atoms with Gasteiger partial charge in [-0.2, -0.15) is 11.3 Å². The van der Waals surface area contributed by atoms with Crippen LogP contribution >= 0.6 is 22.7 Å². The van der Waals surface area contributed by atoms with Crippen molar-refractivity contribution in [3.8, 4) is 12.3 Å². The second-order valence-corrected chi connectivity index (χ2v) is 7.68. The number of nitrogens with one attached hydrogen (secondary N) is 2. The fourth-order valence-electron chi connectivity index (χ4n) is 2.73. The van der Waals surface area contributed by atoms with E-state index in [0.717, 1.165) is 17.8 Å². The number of hydrazine groups is 1. The average molecular weight is 419 g/mol. The summed E-state index contributed by atoms with van der Waals surface area (Å²) >= 11 is 2.79. The zero-order chi connectivity index (χ0) is 19.9. The highest BCUT2D eigenvalue weighted by molar-refractivity contribution is 7.10. The third-order valence-electron chi connectivity index (χ3n) is 4.21. The number of hydrogen-bond acceptors (Lipinski definition) is 7. The number of thiazole rings is 1. The lowest BCUT2D eigenvalue weighted by Crippen LogP contribution is -2.41. The van der Waals surface area contributed by atoms with Crippen LogP contribution in [0.1, 0.15) is 44.6 Å². The number of aromatic nitrogens is 1. The molecule has 0 aromatic carbocycles. The number of carbonyl (C=O) groups is 3. The van der Waals surface area contributed by atoms with Crippen LogP contribution in [0.5, 0.6) is 0 Å². The van der Waals surface area contributed by atoms with Gasteiger partial charge in [-0.1, -0.05) is 5.92 Å². The highest BCUT2D eigenvalue weighted by Crippen LogP contribution is 2.30. The van der Waals surface area contributed by atoms with Gasteiger partial charge in [0, 0.05) is 29.8 Å².